The molecule has 2 aromatic carbocycles. The number of carbonyl (C=O) groups excluding carboxylic acids is 1. The first-order valence-electron chi connectivity index (χ1n) is 8.85. The van der Waals surface area contributed by atoms with Gasteiger partial charge in [-0.2, -0.15) is 4.31 Å². The van der Waals surface area contributed by atoms with Gasteiger partial charge in [0.05, 0.1) is 5.75 Å². The van der Waals surface area contributed by atoms with Crippen molar-refractivity contribution >= 4 is 15.9 Å². The number of sulfonamides is 1. The Morgan fingerprint density at radius 3 is 2.46 bits per heavy atom. The molecule has 1 saturated heterocycles. The molecular formula is C20H24N2O3S. The number of nitrogens with zero attached hydrogens (tertiary/aromatic N) is 1. The lowest BCUT2D eigenvalue weighted by Gasteiger charge is -2.34. The molecule has 1 heterocycles. The normalized spacial score (nSPS) is 18.5. The maximum atomic E-state index is 12.9. The Bertz CT molecular complexity index is 848. The lowest BCUT2D eigenvalue weighted by molar-refractivity contribution is -0.126. The molecule has 1 unspecified atom stereocenters. The van der Waals surface area contributed by atoms with Crippen molar-refractivity contribution in [2.45, 2.75) is 25.8 Å². The fourth-order valence-corrected chi connectivity index (χ4v) is 4.88. The summed E-state index contributed by atoms with van der Waals surface area (Å²) in [6, 6.07) is 16.5. The molecule has 1 aliphatic rings. The first kappa shape index (κ1) is 18.6. The van der Waals surface area contributed by atoms with Crippen LogP contribution in [0.25, 0.3) is 0 Å². The van der Waals surface area contributed by atoms with Crippen molar-refractivity contribution in [3.05, 3.63) is 71.3 Å². The van der Waals surface area contributed by atoms with Crippen LogP contribution in [0.5, 0.6) is 0 Å². The maximum Gasteiger partial charge on any atom is 0.243 e. The lowest BCUT2D eigenvalue weighted by Crippen LogP contribution is -2.52. The molecule has 1 fully saturated rings. The van der Waals surface area contributed by atoms with Crippen LogP contribution in [-0.4, -0.2) is 37.5 Å². The zero-order valence-electron chi connectivity index (χ0n) is 14.9. The van der Waals surface area contributed by atoms with Gasteiger partial charge in [0, 0.05) is 13.1 Å². The molecule has 0 aromatic heterocycles. The molecule has 1 aliphatic heterocycles. The Balaban J connectivity index is 1.75. The van der Waals surface area contributed by atoms with Crippen LogP contribution in [0.2, 0.25) is 0 Å². The summed E-state index contributed by atoms with van der Waals surface area (Å²) in [6.07, 6.45) is 1.24. The minimum Gasteiger partial charge on any atom is -0.353 e. The van der Waals surface area contributed by atoms with Gasteiger partial charge in [0.15, 0.2) is 0 Å². The summed E-state index contributed by atoms with van der Waals surface area (Å²) in [5, 5.41) is 2.78. The average Bonchev–Trinajstić information content (AvgIpc) is 2.63. The van der Waals surface area contributed by atoms with Crippen LogP contribution in [0.15, 0.2) is 54.6 Å². The number of rotatable bonds is 6. The van der Waals surface area contributed by atoms with Gasteiger partial charge in [-0.3, -0.25) is 4.79 Å². The third kappa shape index (κ3) is 4.31. The Morgan fingerprint density at radius 2 is 1.77 bits per heavy atom. The van der Waals surface area contributed by atoms with Crippen molar-refractivity contribution in [1.82, 2.24) is 9.62 Å². The first-order valence-corrected chi connectivity index (χ1v) is 10.5. The molecule has 6 heteroatoms. The van der Waals surface area contributed by atoms with Gasteiger partial charge < -0.3 is 5.32 Å². The highest BCUT2D eigenvalue weighted by molar-refractivity contribution is 7.89. The third-order valence-electron chi connectivity index (χ3n) is 4.63. The molecule has 3 rings (SSSR count). The maximum absolute atomic E-state index is 12.9. The lowest BCUT2D eigenvalue weighted by atomic mass is 10.0. The summed E-state index contributed by atoms with van der Waals surface area (Å²) in [5.41, 5.74) is 2.90. The topological polar surface area (TPSA) is 66.5 Å². The van der Waals surface area contributed by atoms with E-state index in [1.54, 1.807) is 0 Å². The van der Waals surface area contributed by atoms with Gasteiger partial charge in [0.25, 0.3) is 0 Å². The zero-order chi connectivity index (χ0) is 18.6. The molecule has 5 nitrogen and oxygen atoms in total. The third-order valence-corrected chi connectivity index (χ3v) is 6.54. The van der Waals surface area contributed by atoms with Crippen molar-refractivity contribution < 1.29 is 13.2 Å². The Hall–Kier alpha value is -2.18. The van der Waals surface area contributed by atoms with Crippen molar-refractivity contribution in [2.24, 2.45) is 0 Å². The molecule has 0 bridgehead atoms. The summed E-state index contributed by atoms with van der Waals surface area (Å²) < 4.78 is 27.2. The number of aryl methyl sites for hydroxylation is 2. The SMILES string of the molecule is Cc1ccc(C2C(=O)NCCN2S(=O)(=O)CCCc2ccccc2)cc1. The predicted octanol–water partition coefficient (Wildman–Crippen LogP) is 2.43. The van der Waals surface area contributed by atoms with Crippen LogP contribution in [-0.2, 0) is 21.2 Å². The van der Waals surface area contributed by atoms with Crippen molar-refractivity contribution in [1.29, 1.82) is 0 Å². The van der Waals surface area contributed by atoms with E-state index in [1.807, 2.05) is 61.5 Å². The van der Waals surface area contributed by atoms with Crippen LogP contribution in [0.3, 0.4) is 0 Å². The molecule has 2 aromatic rings. The van der Waals surface area contributed by atoms with E-state index < -0.39 is 16.1 Å². The molecule has 138 valence electrons. The molecule has 1 atom stereocenters. The zero-order valence-corrected chi connectivity index (χ0v) is 15.7. The van der Waals surface area contributed by atoms with E-state index in [1.165, 1.54) is 4.31 Å². The van der Waals surface area contributed by atoms with E-state index in [0.29, 0.717) is 31.5 Å². The number of benzene rings is 2. The number of nitrogens with one attached hydrogen (secondary N) is 1. The molecule has 0 radical (unpaired) electrons. The number of carbonyl (C=O) groups is 1. The second-order valence-corrected chi connectivity index (χ2v) is 8.66. The van der Waals surface area contributed by atoms with Crippen LogP contribution >= 0.6 is 0 Å². The largest absolute Gasteiger partial charge is 0.353 e. The predicted molar refractivity (Wildman–Crippen MR) is 102 cm³/mol. The van der Waals surface area contributed by atoms with Crippen molar-refractivity contribution in [3.8, 4) is 0 Å². The van der Waals surface area contributed by atoms with Gasteiger partial charge in [-0.15, -0.1) is 0 Å². The number of piperazine rings is 1. The Kier molecular flexibility index (Phi) is 5.74. The molecule has 0 aliphatic carbocycles. The van der Waals surface area contributed by atoms with Crippen LogP contribution in [0.1, 0.15) is 29.2 Å². The van der Waals surface area contributed by atoms with Crippen LogP contribution in [0, 0.1) is 6.92 Å². The molecular weight excluding hydrogens is 348 g/mol. The average molecular weight is 372 g/mol. The molecule has 0 spiro atoms. The minimum absolute atomic E-state index is 0.0392. The Morgan fingerprint density at radius 1 is 1.08 bits per heavy atom. The molecule has 26 heavy (non-hydrogen) atoms. The van der Waals surface area contributed by atoms with Crippen LogP contribution in [0.4, 0.5) is 0 Å². The van der Waals surface area contributed by atoms with Gasteiger partial charge in [0.1, 0.15) is 6.04 Å². The van der Waals surface area contributed by atoms with Crippen molar-refractivity contribution in [2.75, 3.05) is 18.8 Å². The number of amides is 1. The fourth-order valence-electron chi connectivity index (χ4n) is 3.23. The van der Waals surface area contributed by atoms with E-state index in [2.05, 4.69) is 5.32 Å². The summed E-state index contributed by atoms with van der Waals surface area (Å²) >= 11 is 0. The minimum atomic E-state index is -3.52. The van der Waals surface area contributed by atoms with E-state index >= 15 is 0 Å². The highest BCUT2D eigenvalue weighted by Crippen LogP contribution is 2.27. The smallest absolute Gasteiger partial charge is 0.243 e. The van der Waals surface area contributed by atoms with Gasteiger partial charge in [-0.05, 0) is 30.9 Å². The van der Waals surface area contributed by atoms with Gasteiger partial charge >= 0.3 is 0 Å². The fraction of sp³-hybridized carbons (Fsp3) is 0.350. The summed E-state index contributed by atoms with van der Waals surface area (Å²) in [5.74, 6) is -0.218. The van der Waals surface area contributed by atoms with E-state index in [-0.39, 0.29) is 11.7 Å². The standard InChI is InChI=1S/C20H24N2O3S/c1-16-9-11-18(12-10-16)19-20(23)21-13-14-22(19)26(24,25)15-5-8-17-6-3-2-4-7-17/h2-4,6-7,9-12,19H,5,8,13-15H2,1H3,(H,21,23). The molecule has 1 N–H and O–H groups in total. The number of hydrogen-bond acceptors (Lipinski definition) is 3. The van der Waals surface area contributed by atoms with Gasteiger partial charge in [-0.25, -0.2) is 8.42 Å². The molecule has 1 amide bonds. The first-order chi connectivity index (χ1) is 12.5. The van der Waals surface area contributed by atoms with Gasteiger partial charge in [-0.1, -0.05) is 60.2 Å². The quantitative estimate of drug-likeness (QED) is 0.847. The summed E-state index contributed by atoms with van der Waals surface area (Å²) in [6.45, 7) is 2.61. The highest BCUT2D eigenvalue weighted by Gasteiger charge is 2.38. The van der Waals surface area contributed by atoms with E-state index in [4.69, 9.17) is 0 Å². The van der Waals surface area contributed by atoms with Crippen LogP contribution < -0.4 is 5.32 Å². The summed E-state index contributed by atoms with van der Waals surface area (Å²) in [4.78, 5) is 12.4. The van der Waals surface area contributed by atoms with E-state index in [0.717, 1.165) is 11.1 Å². The highest BCUT2D eigenvalue weighted by atomic mass is 32.2. The second kappa shape index (κ2) is 8.01. The van der Waals surface area contributed by atoms with Crippen molar-refractivity contribution in [3.63, 3.8) is 0 Å². The summed E-state index contributed by atoms with van der Waals surface area (Å²) in [7, 11) is -3.52. The van der Waals surface area contributed by atoms with Gasteiger partial charge in [0.2, 0.25) is 15.9 Å². The number of hydrogen-bond donors (Lipinski definition) is 1. The molecule has 0 saturated carbocycles. The Labute approximate surface area is 155 Å². The monoisotopic (exact) mass is 372 g/mol. The van der Waals surface area contributed by atoms with E-state index in [9.17, 15) is 13.2 Å². The second-order valence-electron chi connectivity index (χ2n) is 6.62.